The van der Waals surface area contributed by atoms with E-state index in [2.05, 4.69) is 82.1 Å². The molecule has 1 unspecified atom stereocenters. The average Bonchev–Trinajstić information content (AvgIpc) is 3.18. The van der Waals surface area contributed by atoms with E-state index in [-0.39, 0.29) is 22.7 Å². The second-order valence-corrected chi connectivity index (χ2v) is 10.3. The van der Waals surface area contributed by atoms with Gasteiger partial charge in [-0.3, -0.25) is 4.79 Å². The number of carbonyl (C=O) groups is 1. The highest BCUT2D eigenvalue weighted by atomic mass is 16.5. The van der Waals surface area contributed by atoms with Crippen LogP contribution in [0.5, 0.6) is 5.88 Å². The molecule has 0 amide bonds. The van der Waals surface area contributed by atoms with E-state index >= 15 is 0 Å². The molecule has 0 aliphatic heterocycles. The minimum absolute atomic E-state index is 0.0854. The molecule has 2 aromatic carbocycles. The van der Waals surface area contributed by atoms with Gasteiger partial charge >= 0.3 is 5.97 Å². The van der Waals surface area contributed by atoms with Crippen LogP contribution in [0, 0.1) is 32.1 Å². The van der Waals surface area contributed by atoms with Crippen LogP contribution in [0.3, 0.4) is 0 Å². The molecule has 1 fully saturated rings. The third-order valence-corrected chi connectivity index (χ3v) is 8.49. The van der Waals surface area contributed by atoms with E-state index in [0.29, 0.717) is 19.1 Å². The summed E-state index contributed by atoms with van der Waals surface area (Å²) in [6.45, 7) is 13.6. The van der Waals surface area contributed by atoms with Crippen molar-refractivity contribution < 1.29 is 14.3 Å². The van der Waals surface area contributed by atoms with Gasteiger partial charge in [0.2, 0.25) is 5.88 Å². The topological polar surface area (TPSA) is 48.4 Å². The zero-order valence-corrected chi connectivity index (χ0v) is 21.0. The predicted molar refractivity (Wildman–Crippen MR) is 134 cm³/mol. The first kappa shape index (κ1) is 22.6. The summed E-state index contributed by atoms with van der Waals surface area (Å²) in [5.41, 5.74) is 9.61. The number of pyridine rings is 1. The Morgan fingerprint density at radius 1 is 1.09 bits per heavy atom. The van der Waals surface area contributed by atoms with E-state index in [4.69, 9.17) is 9.47 Å². The average molecular weight is 456 g/mol. The molecular weight excluding hydrogens is 422 g/mol. The molecule has 3 atom stereocenters. The number of ether oxygens (including phenoxy) is 2. The van der Waals surface area contributed by atoms with Crippen LogP contribution < -0.4 is 4.74 Å². The third-order valence-electron chi connectivity index (χ3n) is 8.49. The molecule has 0 N–H and O–H groups in total. The van der Waals surface area contributed by atoms with Crippen LogP contribution in [0.2, 0.25) is 0 Å². The molecule has 1 saturated carbocycles. The molecule has 1 heterocycles. The van der Waals surface area contributed by atoms with Crippen LogP contribution in [0.1, 0.15) is 54.2 Å². The third kappa shape index (κ3) is 3.19. The number of carbonyl (C=O) groups excluding carboxylic acids is 1. The van der Waals surface area contributed by atoms with Crippen LogP contribution in [0.15, 0.2) is 48.7 Å². The highest BCUT2D eigenvalue weighted by molar-refractivity contribution is 5.83. The number of rotatable bonds is 6. The van der Waals surface area contributed by atoms with Crippen molar-refractivity contribution in [1.29, 1.82) is 0 Å². The first-order chi connectivity index (χ1) is 16.2. The lowest BCUT2D eigenvalue weighted by atomic mass is 9.91. The van der Waals surface area contributed by atoms with Crippen molar-refractivity contribution in [3.05, 3.63) is 82.0 Å². The molecule has 5 rings (SSSR count). The van der Waals surface area contributed by atoms with E-state index in [9.17, 15) is 4.79 Å². The lowest BCUT2D eigenvalue weighted by Crippen LogP contribution is -2.17. The fourth-order valence-corrected chi connectivity index (χ4v) is 6.41. The van der Waals surface area contributed by atoms with E-state index in [1.54, 1.807) is 0 Å². The Bertz CT molecular complexity index is 1280. The minimum atomic E-state index is -0.198. The van der Waals surface area contributed by atoms with Crippen LogP contribution >= 0.6 is 0 Å². The van der Waals surface area contributed by atoms with Gasteiger partial charge < -0.3 is 9.47 Å². The van der Waals surface area contributed by atoms with Gasteiger partial charge in [0.1, 0.15) is 6.61 Å². The first-order valence-electron chi connectivity index (χ1n) is 12.2. The van der Waals surface area contributed by atoms with Gasteiger partial charge in [-0.1, -0.05) is 50.2 Å². The number of hydrogen-bond donors (Lipinski definition) is 0. The summed E-state index contributed by atoms with van der Waals surface area (Å²) < 4.78 is 11.5. The van der Waals surface area contributed by atoms with Crippen molar-refractivity contribution in [3.8, 4) is 17.0 Å². The molecule has 0 radical (unpaired) electrons. The van der Waals surface area contributed by atoms with E-state index in [0.717, 1.165) is 17.5 Å². The highest BCUT2D eigenvalue weighted by Crippen LogP contribution is 2.75. The van der Waals surface area contributed by atoms with Gasteiger partial charge in [0.05, 0.1) is 12.5 Å². The lowest BCUT2D eigenvalue weighted by molar-refractivity contribution is -0.146. The Kier molecular flexibility index (Phi) is 5.31. The van der Waals surface area contributed by atoms with Gasteiger partial charge in [-0.05, 0) is 84.0 Å². The maximum Gasteiger partial charge on any atom is 0.310 e. The van der Waals surface area contributed by atoms with E-state index in [1.807, 2.05) is 13.1 Å². The monoisotopic (exact) mass is 455 g/mol. The van der Waals surface area contributed by atoms with E-state index in [1.165, 1.54) is 33.4 Å². The molecule has 3 aromatic rings. The summed E-state index contributed by atoms with van der Waals surface area (Å²) >= 11 is 0. The molecule has 2 aliphatic rings. The van der Waals surface area contributed by atoms with Crippen LogP contribution in [-0.4, -0.2) is 17.6 Å². The maximum absolute atomic E-state index is 12.5. The van der Waals surface area contributed by atoms with Gasteiger partial charge in [-0.15, -0.1) is 0 Å². The van der Waals surface area contributed by atoms with Crippen LogP contribution in [-0.2, 0) is 28.0 Å². The molecule has 34 heavy (non-hydrogen) atoms. The van der Waals surface area contributed by atoms with Gasteiger partial charge in [0, 0.05) is 17.7 Å². The Labute approximate surface area is 202 Å². The zero-order valence-electron chi connectivity index (χ0n) is 21.0. The highest BCUT2D eigenvalue weighted by Gasteiger charge is 2.78. The summed E-state index contributed by atoms with van der Waals surface area (Å²) in [5.74, 6) is 0.464. The summed E-state index contributed by atoms with van der Waals surface area (Å²) in [6.07, 6.45) is 2.76. The van der Waals surface area contributed by atoms with Crippen molar-refractivity contribution in [1.82, 2.24) is 4.98 Å². The number of fused-ring (bicyclic) bond motifs is 3. The minimum Gasteiger partial charge on any atom is -0.473 e. The summed E-state index contributed by atoms with van der Waals surface area (Å²) in [7, 11) is 0. The second kappa shape index (κ2) is 7.97. The number of benzene rings is 2. The molecule has 0 spiro atoms. The van der Waals surface area contributed by atoms with Gasteiger partial charge in [-0.25, -0.2) is 4.98 Å². The largest absolute Gasteiger partial charge is 0.473 e. The Balaban J connectivity index is 1.36. The van der Waals surface area contributed by atoms with Crippen molar-refractivity contribution in [2.75, 3.05) is 6.61 Å². The summed E-state index contributed by atoms with van der Waals surface area (Å²) in [6, 6.07) is 14.9. The smallest absolute Gasteiger partial charge is 0.310 e. The van der Waals surface area contributed by atoms with Crippen molar-refractivity contribution >= 4 is 5.97 Å². The van der Waals surface area contributed by atoms with Crippen molar-refractivity contribution in [2.24, 2.45) is 11.3 Å². The Morgan fingerprint density at radius 3 is 2.50 bits per heavy atom. The van der Waals surface area contributed by atoms with Gasteiger partial charge in [0.15, 0.2) is 0 Å². The van der Waals surface area contributed by atoms with Crippen molar-refractivity contribution in [3.63, 3.8) is 0 Å². The number of hydrogen-bond acceptors (Lipinski definition) is 4. The molecular formula is C30H33NO3. The van der Waals surface area contributed by atoms with Crippen molar-refractivity contribution in [2.45, 2.75) is 60.0 Å². The molecule has 0 bridgehead atoms. The molecule has 2 aliphatic carbocycles. The van der Waals surface area contributed by atoms with E-state index < -0.39 is 0 Å². The summed E-state index contributed by atoms with van der Waals surface area (Å²) in [5, 5.41) is 0. The number of nitrogens with zero attached hydrogens (tertiary/aromatic N) is 1. The fourth-order valence-electron chi connectivity index (χ4n) is 6.41. The lowest BCUT2D eigenvalue weighted by Gasteiger charge is -2.17. The predicted octanol–water partition coefficient (Wildman–Crippen LogP) is 6.27. The quantitative estimate of drug-likeness (QED) is 0.411. The Morgan fingerprint density at radius 2 is 1.79 bits per heavy atom. The molecule has 1 aromatic heterocycles. The van der Waals surface area contributed by atoms with Gasteiger partial charge in [0.25, 0.3) is 0 Å². The number of esters is 1. The van der Waals surface area contributed by atoms with Crippen LogP contribution in [0.25, 0.3) is 11.1 Å². The number of aromatic nitrogens is 1. The summed E-state index contributed by atoms with van der Waals surface area (Å²) in [4.78, 5) is 17.1. The maximum atomic E-state index is 12.5. The standard InChI is InChI=1S/C30H33NO3/c1-7-33-28(32)27-29(5)15-22-14-25(31-16-24(22)30(27,29)6)34-17-21-12-9-13-23(20(21)4)26-18(2)10-8-11-19(26)3/h8-14,16,27H,7,15,17H2,1-6H3/t27-,29?,30-/m0/s1. The first-order valence-corrected chi connectivity index (χ1v) is 12.2. The van der Waals surface area contributed by atoms with Crippen LogP contribution in [0.4, 0.5) is 0 Å². The molecule has 4 nitrogen and oxygen atoms in total. The Hall–Kier alpha value is -3.14. The molecule has 0 saturated heterocycles. The molecule has 176 valence electrons. The zero-order chi connectivity index (χ0) is 24.3. The fraction of sp³-hybridized carbons (Fsp3) is 0.400. The SMILES string of the molecule is CCOC(=O)[C@H]1C2(C)Cc3cc(OCc4cccc(-c5c(C)cccc5C)c4C)ncc3[C@@]12C. The normalized spacial score (nSPS) is 24.4. The molecule has 4 heteroatoms. The second-order valence-electron chi connectivity index (χ2n) is 10.3. The van der Waals surface area contributed by atoms with Gasteiger partial charge in [-0.2, -0.15) is 0 Å². The number of aryl methyl sites for hydroxylation is 2.